The number of hydrogen-bond donors (Lipinski definition) is 0. The molecule has 0 saturated heterocycles. The minimum Gasteiger partial charge on any atom is -0.281 e. The fourth-order valence-electron chi connectivity index (χ4n) is 3.33. The zero-order chi connectivity index (χ0) is 17.3. The molecule has 0 radical (unpaired) electrons. The summed E-state index contributed by atoms with van der Waals surface area (Å²) >= 11 is 0. The summed E-state index contributed by atoms with van der Waals surface area (Å²) in [4.78, 5) is 18.6. The van der Waals surface area contributed by atoms with Crippen LogP contribution in [0, 0.1) is 19.8 Å². The first-order valence-electron chi connectivity index (χ1n) is 8.68. The van der Waals surface area contributed by atoms with Crippen molar-refractivity contribution in [2.75, 3.05) is 11.4 Å². The van der Waals surface area contributed by atoms with E-state index in [1.165, 1.54) is 17.6 Å². The van der Waals surface area contributed by atoms with E-state index < -0.39 is 0 Å². The van der Waals surface area contributed by atoms with Crippen LogP contribution in [-0.2, 0) is 24.3 Å². The number of nitrogens with zero attached hydrogens (tertiary/aromatic N) is 6. The third-order valence-electron chi connectivity index (χ3n) is 4.55. The first kappa shape index (κ1) is 16.7. The van der Waals surface area contributed by atoms with Gasteiger partial charge in [0, 0.05) is 31.7 Å². The van der Waals surface area contributed by atoms with Crippen LogP contribution >= 0.6 is 0 Å². The standard InChI is InChI=1S/C17H26N6O/c1-12(2)10-23-14(4)15(13(3)20-23)6-7-16(24)21-8-5-9-22-17(21)18-11-19-22/h11-12H,5-10H2,1-4H3. The lowest BCUT2D eigenvalue weighted by atomic mass is 10.1. The van der Waals surface area contributed by atoms with Crippen LogP contribution in [0.3, 0.4) is 0 Å². The number of hydrogen-bond acceptors (Lipinski definition) is 4. The van der Waals surface area contributed by atoms with Crippen LogP contribution in [0.15, 0.2) is 6.33 Å². The Labute approximate surface area is 142 Å². The Balaban J connectivity index is 1.69. The number of aryl methyl sites for hydroxylation is 2. The van der Waals surface area contributed by atoms with Gasteiger partial charge in [-0.25, -0.2) is 4.68 Å². The second kappa shape index (κ2) is 6.75. The zero-order valence-electron chi connectivity index (χ0n) is 15.0. The third kappa shape index (κ3) is 3.20. The fraction of sp³-hybridized carbons (Fsp3) is 0.647. The zero-order valence-corrected chi connectivity index (χ0v) is 15.0. The van der Waals surface area contributed by atoms with Gasteiger partial charge in [0.05, 0.1) is 5.69 Å². The van der Waals surface area contributed by atoms with Crippen molar-refractivity contribution in [3.63, 3.8) is 0 Å². The van der Waals surface area contributed by atoms with E-state index in [9.17, 15) is 4.79 Å². The monoisotopic (exact) mass is 330 g/mol. The van der Waals surface area contributed by atoms with Gasteiger partial charge in [-0.1, -0.05) is 13.8 Å². The molecular weight excluding hydrogens is 304 g/mol. The second-order valence-corrected chi connectivity index (χ2v) is 6.91. The van der Waals surface area contributed by atoms with Crippen molar-refractivity contribution >= 4 is 11.9 Å². The molecule has 1 aliphatic rings. The van der Waals surface area contributed by atoms with E-state index in [0.29, 0.717) is 18.3 Å². The Morgan fingerprint density at radius 3 is 2.83 bits per heavy atom. The summed E-state index contributed by atoms with van der Waals surface area (Å²) in [5, 5.41) is 8.80. The lowest BCUT2D eigenvalue weighted by Gasteiger charge is -2.26. The molecule has 0 fully saturated rings. The van der Waals surface area contributed by atoms with Crippen LogP contribution in [0.2, 0.25) is 0 Å². The highest BCUT2D eigenvalue weighted by Crippen LogP contribution is 2.20. The summed E-state index contributed by atoms with van der Waals surface area (Å²) in [6.07, 6.45) is 3.64. The van der Waals surface area contributed by atoms with Crippen molar-refractivity contribution in [1.82, 2.24) is 24.5 Å². The Morgan fingerprint density at radius 2 is 2.08 bits per heavy atom. The normalized spacial score (nSPS) is 14.3. The fourth-order valence-corrected chi connectivity index (χ4v) is 3.33. The number of fused-ring (bicyclic) bond motifs is 1. The number of carbonyl (C=O) groups excluding carboxylic acids is 1. The highest BCUT2D eigenvalue weighted by atomic mass is 16.2. The predicted molar refractivity (Wildman–Crippen MR) is 91.9 cm³/mol. The Morgan fingerprint density at radius 1 is 1.29 bits per heavy atom. The average molecular weight is 330 g/mol. The molecule has 0 saturated carbocycles. The molecule has 0 spiro atoms. The van der Waals surface area contributed by atoms with Crippen molar-refractivity contribution in [2.45, 2.75) is 60.0 Å². The second-order valence-electron chi connectivity index (χ2n) is 6.91. The van der Waals surface area contributed by atoms with Gasteiger partial charge in [-0.3, -0.25) is 14.4 Å². The number of anilines is 1. The van der Waals surface area contributed by atoms with Gasteiger partial charge >= 0.3 is 0 Å². The van der Waals surface area contributed by atoms with E-state index in [2.05, 4.69) is 40.6 Å². The first-order valence-corrected chi connectivity index (χ1v) is 8.68. The maximum Gasteiger partial charge on any atom is 0.230 e. The van der Waals surface area contributed by atoms with Crippen LogP contribution in [-0.4, -0.2) is 37.0 Å². The van der Waals surface area contributed by atoms with E-state index in [4.69, 9.17) is 0 Å². The van der Waals surface area contributed by atoms with Crippen molar-refractivity contribution in [2.24, 2.45) is 5.92 Å². The van der Waals surface area contributed by atoms with Crippen LogP contribution in [0.1, 0.15) is 43.6 Å². The van der Waals surface area contributed by atoms with Gasteiger partial charge in [-0.15, -0.1) is 0 Å². The average Bonchev–Trinajstić information content (AvgIpc) is 3.10. The summed E-state index contributed by atoms with van der Waals surface area (Å²) < 4.78 is 3.87. The lowest BCUT2D eigenvalue weighted by Crippen LogP contribution is -2.38. The van der Waals surface area contributed by atoms with Crippen molar-refractivity contribution in [1.29, 1.82) is 0 Å². The quantitative estimate of drug-likeness (QED) is 0.842. The van der Waals surface area contributed by atoms with E-state index >= 15 is 0 Å². The van der Waals surface area contributed by atoms with Gasteiger partial charge in [0.2, 0.25) is 11.9 Å². The van der Waals surface area contributed by atoms with Crippen LogP contribution in [0.5, 0.6) is 0 Å². The molecule has 7 heteroatoms. The molecule has 0 aliphatic carbocycles. The maximum atomic E-state index is 12.7. The smallest absolute Gasteiger partial charge is 0.230 e. The van der Waals surface area contributed by atoms with E-state index in [1.54, 1.807) is 9.58 Å². The maximum absolute atomic E-state index is 12.7. The molecular formula is C17H26N6O. The molecule has 0 aromatic carbocycles. The molecule has 3 rings (SSSR count). The largest absolute Gasteiger partial charge is 0.281 e. The summed E-state index contributed by atoms with van der Waals surface area (Å²) in [7, 11) is 0. The van der Waals surface area contributed by atoms with Gasteiger partial charge in [-0.2, -0.15) is 15.2 Å². The van der Waals surface area contributed by atoms with Crippen LogP contribution in [0.4, 0.5) is 5.95 Å². The molecule has 130 valence electrons. The van der Waals surface area contributed by atoms with Gasteiger partial charge in [0.15, 0.2) is 0 Å². The van der Waals surface area contributed by atoms with Gasteiger partial charge < -0.3 is 0 Å². The summed E-state index contributed by atoms with van der Waals surface area (Å²) in [6, 6.07) is 0. The molecule has 2 aromatic heterocycles. The van der Waals surface area contributed by atoms with Gasteiger partial charge in [0.25, 0.3) is 0 Å². The summed E-state index contributed by atoms with van der Waals surface area (Å²) in [5.74, 6) is 1.34. The summed E-state index contributed by atoms with van der Waals surface area (Å²) in [6.45, 7) is 11.0. The van der Waals surface area contributed by atoms with Crippen molar-refractivity contribution < 1.29 is 4.79 Å². The molecule has 0 N–H and O–H groups in total. The third-order valence-corrected chi connectivity index (χ3v) is 4.55. The van der Waals surface area contributed by atoms with Crippen LogP contribution < -0.4 is 4.90 Å². The number of amides is 1. The topological polar surface area (TPSA) is 68.8 Å². The Bertz CT molecular complexity index is 730. The molecule has 2 aromatic rings. The van der Waals surface area contributed by atoms with E-state index in [-0.39, 0.29) is 5.91 Å². The lowest BCUT2D eigenvalue weighted by molar-refractivity contribution is -0.118. The van der Waals surface area contributed by atoms with Gasteiger partial charge in [-0.05, 0) is 38.2 Å². The number of rotatable bonds is 5. The molecule has 0 atom stereocenters. The summed E-state index contributed by atoms with van der Waals surface area (Å²) in [5.41, 5.74) is 3.40. The van der Waals surface area contributed by atoms with Gasteiger partial charge in [0.1, 0.15) is 6.33 Å². The molecule has 1 amide bonds. The molecule has 1 aliphatic heterocycles. The Hall–Kier alpha value is -2.18. The molecule has 0 unspecified atom stereocenters. The van der Waals surface area contributed by atoms with E-state index in [1.807, 2.05) is 6.92 Å². The number of carbonyl (C=O) groups is 1. The highest BCUT2D eigenvalue weighted by molar-refractivity contribution is 5.92. The SMILES string of the molecule is Cc1nn(CC(C)C)c(C)c1CCC(=O)N1CCCn2ncnc21. The minimum atomic E-state index is 0.111. The minimum absolute atomic E-state index is 0.111. The first-order chi connectivity index (χ1) is 11.5. The Kier molecular flexibility index (Phi) is 4.69. The molecule has 24 heavy (non-hydrogen) atoms. The van der Waals surface area contributed by atoms with Crippen molar-refractivity contribution in [3.05, 3.63) is 23.3 Å². The highest BCUT2D eigenvalue weighted by Gasteiger charge is 2.25. The number of aromatic nitrogens is 5. The van der Waals surface area contributed by atoms with E-state index in [0.717, 1.165) is 38.2 Å². The molecule has 0 bridgehead atoms. The molecule has 3 heterocycles. The van der Waals surface area contributed by atoms with Crippen molar-refractivity contribution in [3.8, 4) is 0 Å². The molecule has 7 nitrogen and oxygen atoms in total. The predicted octanol–water partition coefficient (Wildman–Crippen LogP) is 2.12. The van der Waals surface area contributed by atoms with Crippen LogP contribution in [0.25, 0.3) is 0 Å².